The number of rotatable bonds is 8. The van der Waals surface area contributed by atoms with Crippen LogP contribution in [-0.4, -0.2) is 25.5 Å². The minimum atomic E-state index is -0.177. The van der Waals surface area contributed by atoms with Gasteiger partial charge in [0.1, 0.15) is 0 Å². The number of carbonyl (C=O) groups excluding carboxylic acids is 2. The average molecular weight is 342 g/mol. The fourth-order valence-electron chi connectivity index (χ4n) is 1.75. The van der Waals surface area contributed by atoms with Gasteiger partial charge in [0.05, 0.1) is 13.5 Å². The SMILES string of the molecule is COC(=O)CCCCCNC(=O)Cc1ccc(Br)cc1. The number of methoxy groups -OCH3 is 1. The van der Waals surface area contributed by atoms with Crippen LogP contribution in [0.5, 0.6) is 0 Å². The predicted molar refractivity (Wildman–Crippen MR) is 81.3 cm³/mol. The van der Waals surface area contributed by atoms with E-state index >= 15 is 0 Å². The van der Waals surface area contributed by atoms with Crippen molar-refractivity contribution in [3.05, 3.63) is 34.3 Å². The van der Waals surface area contributed by atoms with Crippen molar-refractivity contribution in [1.82, 2.24) is 5.32 Å². The maximum atomic E-state index is 11.7. The van der Waals surface area contributed by atoms with E-state index in [0.29, 0.717) is 19.4 Å². The highest BCUT2D eigenvalue weighted by molar-refractivity contribution is 9.10. The minimum Gasteiger partial charge on any atom is -0.469 e. The van der Waals surface area contributed by atoms with E-state index in [1.165, 1.54) is 7.11 Å². The van der Waals surface area contributed by atoms with E-state index in [0.717, 1.165) is 29.3 Å². The van der Waals surface area contributed by atoms with E-state index in [1.807, 2.05) is 24.3 Å². The van der Waals surface area contributed by atoms with Gasteiger partial charge in [0.15, 0.2) is 0 Å². The number of hydrogen-bond acceptors (Lipinski definition) is 3. The average Bonchev–Trinajstić information content (AvgIpc) is 2.44. The molecule has 1 amide bonds. The van der Waals surface area contributed by atoms with Gasteiger partial charge in [-0.2, -0.15) is 0 Å². The van der Waals surface area contributed by atoms with Crippen LogP contribution in [0, 0.1) is 0 Å². The summed E-state index contributed by atoms with van der Waals surface area (Å²) in [5, 5.41) is 2.88. The van der Waals surface area contributed by atoms with Crippen molar-refractivity contribution in [1.29, 1.82) is 0 Å². The van der Waals surface area contributed by atoms with Crippen LogP contribution in [0.2, 0.25) is 0 Å². The van der Waals surface area contributed by atoms with Gasteiger partial charge in [-0.25, -0.2) is 0 Å². The summed E-state index contributed by atoms with van der Waals surface area (Å²) in [7, 11) is 1.39. The molecule has 0 spiro atoms. The first-order valence-electron chi connectivity index (χ1n) is 6.70. The van der Waals surface area contributed by atoms with Crippen molar-refractivity contribution in [2.45, 2.75) is 32.1 Å². The number of benzene rings is 1. The number of unbranched alkanes of at least 4 members (excludes halogenated alkanes) is 2. The van der Waals surface area contributed by atoms with Crippen LogP contribution in [0.3, 0.4) is 0 Å². The van der Waals surface area contributed by atoms with Crippen LogP contribution in [0.15, 0.2) is 28.7 Å². The Balaban J connectivity index is 2.08. The minimum absolute atomic E-state index is 0.0280. The zero-order valence-electron chi connectivity index (χ0n) is 11.7. The van der Waals surface area contributed by atoms with Gasteiger partial charge >= 0.3 is 5.97 Å². The Bertz CT molecular complexity index is 431. The summed E-state index contributed by atoms with van der Waals surface area (Å²) in [4.78, 5) is 22.6. The Labute approximate surface area is 128 Å². The quantitative estimate of drug-likeness (QED) is 0.584. The molecule has 0 saturated heterocycles. The second-order valence-electron chi connectivity index (χ2n) is 4.54. The van der Waals surface area contributed by atoms with Gasteiger partial charge in [0.25, 0.3) is 0 Å². The number of carbonyl (C=O) groups is 2. The van der Waals surface area contributed by atoms with Crippen molar-refractivity contribution in [2.24, 2.45) is 0 Å². The molecule has 1 N–H and O–H groups in total. The molecule has 1 rings (SSSR count). The van der Waals surface area contributed by atoms with Gasteiger partial charge < -0.3 is 10.1 Å². The largest absolute Gasteiger partial charge is 0.469 e. The zero-order valence-corrected chi connectivity index (χ0v) is 13.2. The Hall–Kier alpha value is -1.36. The summed E-state index contributed by atoms with van der Waals surface area (Å²) < 4.78 is 5.56. The lowest BCUT2D eigenvalue weighted by Gasteiger charge is -2.05. The van der Waals surface area contributed by atoms with E-state index < -0.39 is 0 Å². The zero-order chi connectivity index (χ0) is 14.8. The fraction of sp³-hybridized carbons (Fsp3) is 0.467. The highest BCUT2D eigenvalue weighted by atomic mass is 79.9. The standard InChI is InChI=1S/C15H20BrNO3/c1-20-15(19)5-3-2-4-10-17-14(18)11-12-6-8-13(16)9-7-12/h6-9H,2-5,10-11H2,1H3,(H,17,18). The normalized spacial score (nSPS) is 10.1. The lowest BCUT2D eigenvalue weighted by molar-refractivity contribution is -0.140. The van der Waals surface area contributed by atoms with Crippen LogP contribution >= 0.6 is 15.9 Å². The van der Waals surface area contributed by atoms with Gasteiger partial charge in [0, 0.05) is 17.4 Å². The molecular formula is C15H20BrNO3. The molecule has 0 bridgehead atoms. The van der Waals surface area contributed by atoms with Crippen LogP contribution in [0.1, 0.15) is 31.2 Å². The molecule has 0 aliphatic rings. The van der Waals surface area contributed by atoms with Crippen molar-refractivity contribution < 1.29 is 14.3 Å². The highest BCUT2D eigenvalue weighted by Crippen LogP contribution is 2.10. The Morgan fingerprint density at radius 2 is 1.85 bits per heavy atom. The number of halogens is 1. The van der Waals surface area contributed by atoms with Crippen LogP contribution < -0.4 is 5.32 Å². The van der Waals surface area contributed by atoms with Gasteiger partial charge in [-0.3, -0.25) is 9.59 Å². The second-order valence-corrected chi connectivity index (χ2v) is 5.46. The molecule has 0 heterocycles. The van der Waals surface area contributed by atoms with Gasteiger partial charge in [0.2, 0.25) is 5.91 Å². The Kier molecular flexibility index (Phi) is 7.95. The molecule has 0 aliphatic carbocycles. The lowest BCUT2D eigenvalue weighted by atomic mass is 10.1. The fourth-order valence-corrected chi connectivity index (χ4v) is 2.02. The maximum absolute atomic E-state index is 11.7. The lowest BCUT2D eigenvalue weighted by Crippen LogP contribution is -2.26. The molecule has 0 aromatic heterocycles. The molecule has 0 radical (unpaired) electrons. The first-order valence-corrected chi connectivity index (χ1v) is 7.49. The van der Waals surface area contributed by atoms with Crippen molar-refractivity contribution in [2.75, 3.05) is 13.7 Å². The number of amides is 1. The molecule has 0 fully saturated rings. The molecule has 0 atom stereocenters. The Morgan fingerprint density at radius 3 is 2.50 bits per heavy atom. The molecule has 1 aromatic rings. The Morgan fingerprint density at radius 1 is 1.15 bits per heavy atom. The van der Waals surface area contributed by atoms with Crippen LogP contribution in [-0.2, 0) is 20.7 Å². The second kappa shape index (κ2) is 9.53. The molecular weight excluding hydrogens is 322 g/mol. The van der Waals surface area contributed by atoms with Gasteiger partial charge in [-0.05, 0) is 30.5 Å². The van der Waals surface area contributed by atoms with E-state index in [1.54, 1.807) is 0 Å². The van der Waals surface area contributed by atoms with Crippen LogP contribution in [0.25, 0.3) is 0 Å². The predicted octanol–water partition coefficient (Wildman–Crippen LogP) is 2.84. The van der Waals surface area contributed by atoms with Crippen molar-refractivity contribution >= 4 is 27.8 Å². The van der Waals surface area contributed by atoms with Crippen molar-refractivity contribution in [3.63, 3.8) is 0 Å². The van der Waals surface area contributed by atoms with E-state index in [4.69, 9.17) is 0 Å². The summed E-state index contributed by atoms with van der Waals surface area (Å²) in [6.07, 6.45) is 3.44. The summed E-state index contributed by atoms with van der Waals surface area (Å²) in [6.45, 7) is 0.649. The molecule has 0 unspecified atom stereocenters. The third kappa shape index (κ3) is 7.28. The van der Waals surface area contributed by atoms with E-state index in [2.05, 4.69) is 26.0 Å². The summed E-state index contributed by atoms with van der Waals surface area (Å²) >= 11 is 3.36. The first kappa shape index (κ1) is 16.7. The first-order chi connectivity index (χ1) is 9.61. The molecule has 110 valence electrons. The monoisotopic (exact) mass is 341 g/mol. The third-order valence-electron chi connectivity index (χ3n) is 2.89. The van der Waals surface area contributed by atoms with Gasteiger partial charge in [-0.1, -0.05) is 34.5 Å². The molecule has 20 heavy (non-hydrogen) atoms. The smallest absolute Gasteiger partial charge is 0.305 e. The molecule has 0 saturated carbocycles. The van der Waals surface area contributed by atoms with Crippen molar-refractivity contribution in [3.8, 4) is 0 Å². The molecule has 1 aromatic carbocycles. The summed E-state index contributed by atoms with van der Waals surface area (Å²) in [6, 6.07) is 7.71. The van der Waals surface area contributed by atoms with E-state index in [-0.39, 0.29) is 11.9 Å². The molecule has 0 aliphatic heterocycles. The number of nitrogens with one attached hydrogen (secondary N) is 1. The molecule has 5 heteroatoms. The number of ether oxygens (including phenoxy) is 1. The topological polar surface area (TPSA) is 55.4 Å². The van der Waals surface area contributed by atoms with Crippen LogP contribution in [0.4, 0.5) is 0 Å². The van der Waals surface area contributed by atoms with Gasteiger partial charge in [-0.15, -0.1) is 0 Å². The highest BCUT2D eigenvalue weighted by Gasteiger charge is 2.03. The van der Waals surface area contributed by atoms with E-state index in [9.17, 15) is 9.59 Å². The third-order valence-corrected chi connectivity index (χ3v) is 3.41. The summed E-state index contributed by atoms with van der Waals surface area (Å²) in [5.41, 5.74) is 0.997. The molecule has 4 nitrogen and oxygen atoms in total. The number of hydrogen-bond donors (Lipinski definition) is 1. The summed E-state index contributed by atoms with van der Waals surface area (Å²) in [5.74, 6) is -0.149. The maximum Gasteiger partial charge on any atom is 0.305 e. The number of esters is 1.